The van der Waals surface area contributed by atoms with Crippen LogP contribution in [0.2, 0.25) is 1.41 Å². The predicted molar refractivity (Wildman–Crippen MR) is 18.3 cm³/mol. The van der Waals surface area contributed by atoms with Crippen molar-refractivity contribution in [1.82, 2.24) is 0 Å². The first kappa shape index (κ1) is 43.3. The van der Waals surface area contributed by atoms with Gasteiger partial charge in [-0.2, -0.15) is 0 Å². The smallest absolute Gasteiger partial charge is 0 e. The van der Waals surface area contributed by atoms with Crippen molar-refractivity contribution in [3.63, 3.8) is 0 Å². The molecule has 0 unspecified atom stereocenters. The first-order valence-electron chi connectivity index (χ1n) is 0.616. The Morgan fingerprint density at radius 1 is 0.778 bits per heavy atom. The molecule has 7 radical (unpaired) electrons. The normalized spacial score (nSPS) is 2.11. The molecule has 9 heavy (non-hydrogen) atoms. The summed E-state index contributed by atoms with van der Waals surface area (Å²) in [5.74, 6) is 0. The van der Waals surface area contributed by atoms with Crippen molar-refractivity contribution >= 4 is 22.9 Å². The zero-order valence-electron chi connectivity index (χ0n) is 5.87. The largest absolute Gasteiger partial charge is 0.616 e. The van der Waals surface area contributed by atoms with Gasteiger partial charge in [0.05, 0.1) is 0 Å². The van der Waals surface area contributed by atoms with E-state index in [-0.39, 0.29) is 229 Å². The minimum Gasteiger partial charge on any atom is -0.616 e. The number of hydrogen-bond donors (Lipinski definition) is 0. The third-order valence-electron chi connectivity index (χ3n) is 0. The molecule has 0 aliphatic rings. The molecule has 0 aliphatic heterocycles. The molecular weight excluding hydrogens is 763 g/mol. The quantitative estimate of drug-likeness (QED) is 0.334. The van der Waals surface area contributed by atoms with E-state index < -0.39 is 0 Å². The number of rotatable bonds is 0. The molecule has 0 aromatic rings. The minimum atomic E-state index is 0. The van der Waals surface area contributed by atoms with Crippen molar-refractivity contribution in [2.24, 2.45) is 0 Å². The van der Waals surface area contributed by atoms with Crippen molar-refractivity contribution in [2.45, 2.75) is 0 Å². The standard InChI is InChI=1S/HIN.7Y/c1-2;;;;;;;/h2H;;;;;;;/q-1;;;;;;;/i/hT. The fourth-order valence-corrected chi connectivity index (χ4v) is 0. The second-order valence-electron chi connectivity index (χ2n) is 0. The molecule has 0 aromatic heterocycles. The van der Waals surface area contributed by atoms with E-state index in [1.54, 1.807) is 22.9 Å². The molecule has 0 spiro atoms. The van der Waals surface area contributed by atoms with Gasteiger partial charge in [0.15, 0.2) is 0 Å². The predicted octanol–water partition coefficient (Wildman–Crippen LogP) is 1.37. The average Bonchev–Trinajstić information content (AvgIpc) is 0.918. The maximum atomic E-state index is 5.82. The van der Waals surface area contributed by atoms with Crippen LogP contribution >= 0.6 is 22.9 Å². The molecule has 0 fully saturated rings. The Morgan fingerprint density at radius 3 is 0.778 bits per heavy atom. The number of nitrogens with one attached hydrogen (secondary N) is 1. The molecule has 0 amide bonds. The summed E-state index contributed by atoms with van der Waals surface area (Å²) in [6.45, 7) is 0. The molecule has 0 bridgehead atoms. The van der Waals surface area contributed by atoms with Crippen molar-refractivity contribution in [3.8, 4) is 0 Å². The molecule has 0 saturated carbocycles. The van der Waals surface area contributed by atoms with Crippen molar-refractivity contribution < 1.29 is 230 Å². The summed E-state index contributed by atoms with van der Waals surface area (Å²) in [4.78, 5) is 0. The number of hydrogen-bond acceptors (Lipinski definition) is 0. The van der Waals surface area contributed by atoms with Gasteiger partial charge < -0.3 is 3.94 Å². The molecule has 0 atom stereocenters. The summed E-state index contributed by atoms with van der Waals surface area (Å²) in [5, 5.41) is 0. The van der Waals surface area contributed by atoms with Gasteiger partial charge in [0.2, 0.25) is 0 Å². The van der Waals surface area contributed by atoms with Gasteiger partial charge in [0, 0.05) is 229 Å². The molecule has 0 aliphatic carbocycles. The Morgan fingerprint density at radius 2 is 0.778 bits per heavy atom. The molecule has 0 rings (SSSR count). The van der Waals surface area contributed by atoms with Crippen molar-refractivity contribution in [3.05, 3.63) is 3.94 Å². The molecule has 1 N–H and O–H groups in total. The van der Waals surface area contributed by atoms with Gasteiger partial charge in [-0.15, -0.1) is 1.41 Å². The average molecular weight is 766 g/mol. The third kappa shape index (κ3) is 48.2. The van der Waals surface area contributed by atoms with Gasteiger partial charge in [-0.1, -0.05) is 0 Å². The van der Waals surface area contributed by atoms with E-state index in [0.717, 1.165) is 0 Å². The van der Waals surface area contributed by atoms with E-state index in [1.165, 1.54) is 0 Å². The molecule has 35 valence electrons. The van der Waals surface area contributed by atoms with Gasteiger partial charge in [-0.25, -0.2) is 22.9 Å². The first-order valence-corrected chi connectivity index (χ1v) is 1.13. The van der Waals surface area contributed by atoms with Crippen LogP contribution in [-0.4, -0.2) is 0 Å². The first-order chi connectivity index (χ1) is 1.41. The van der Waals surface area contributed by atoms with Crippen LogP contribution < -0.4 is 0 Å². The van der Waals surface area contributed by atoms with E-state index in [1.807, 2.05) is 0 Å². The van der Waals surface area contributed by atoms with E-state index >= 15 is 0 Å². The van der Waals surface area contributed by atoms with Crippen LogP contribution in [0.15, 0.2) is 0 Å². The SMILES string of the molecule is [3H][N-]I.[Y].[Y].[Y].[Y].[Y].[Y].[Y]. The summed E-state index contributed by atoms with van der Waals surface area (Å²) in [5.41, 5.74) is 0. The Balaban J connectivity index is -0.000000000952. The van der Waals surface area contributed by atoms with E-state index in [0.29, 0.717) is 0 Å². The van der Waals surface area contributed by atoms with Crippen LogP contribution in [0.4, 0.5) is 0 Å². The van der Waals surface area contributed by atoms with Crippen LogP contribution in [0.5, 0.6) is 0 Å². The fraction of sp³-hybridized carbons (Fsp3) is 0. The zero-order chi connectivity index (χ0) is 2.71. The van der Waals surface area contributed by atoms with Crippen molar-refractivity contribution in [2.75, 3.05) is 0 Å². The molecule has 0 saturated heterocycles. The maximum absolute atomic E-state index is 5.82. The van der Waals surface area contributed by atoms with Gasteiger partial charge >= 0.3 is 0 Å². The Bertz CT molecular complexity index is 13.6. The van der Waals surface area contributed by atoms with Crippen LogP contribution in [0, 0.1) is 0 Å². The fourth-order valence-electron chi connectivity index (χ4n) is 0. The van der Waals surface area contributed by atoms with Gasteiger partial charge in [0.25, 0.3) is 0 Å². The molecule has 1 nitrogen and oxygen atoms in total. The van der Waals surface area contributed by atoms with Crippen LogP contribution in [0.1, 0.15) is 0 Å². The molecule has 9 heteroatoms. The summed E-state index contributed by atoms with van der Waals surface area (Å²) in [6, 6.07) is 0. The molecule has 0 aromatic carbocycles. The minimum absolute atomic E-state index is 0. The Kier molecular flexibility index (Phi) is 265. The van der Waals surface area contributed by atoms with Gasteiger partial charge in [-0.05, 0) is 0 Å². The summed E-state index contributed by atoms with van der Waals surface area (Å²) >= 11 is 1.58. The molecule has 0 heterocycles. The molecular formula is HINY7-. The zero-order valence-corrected chi connectivity index (χ0v) is 26.9. The monoisotopic (exact) mass is 766 g/mol. The number of halogens is 1. The Hall–Kier alpha value is 8.42. The van der Waals surface area contributed by atoms with Crippen LogP contribution in [0.3, 0.4) is 0 Å². The maximum Gasteiger partial charge on any atom is 0 e. The second-order valence-corrected chi connectivity index (χ2v) is 0. The van der Waals surface area contributed by atoms with E-state index in [9.17, 15) is 0 Å². The Labute approximate surface area is 248 Å². The van der Waals surface area contributed by atoms with Crippen molar-refractivity contribution in [1.29, 1.82) is 0 Å². The third-order valence-corrected chi connectivity index (χ3v) is 0. The van der Waals surface area contributed by atoms with Crippen LogP contribution in [0.25, 0.3) is 3.94 Å². The topological polar surface area (TPSA) is 23.8 Å². The van der Waals surface area contributed by atoms with Gasteiger partial charge in [0.1, 0.15) is 0 Å². The van der Waals surface area contributed by atoms with E-state index in [4.69, 9.17) is 1.41 Å². The van der Waals surface area contributed by atoms with Crippen LogP contribution in [-0.2, 0) is 229 Å². The van der Waals surface area contributed by atoms with Gasteiger partial charge in [-0.3, -0.25) is 0 Å². The summed E-state index contributed by atoms with van der Waals surface area (Å²) in [7, 11) is 0. The summed E-state index contributed by atoms with van der Waals surface area (Å²) in [6.07, 6.45) is 0. The summed E-state index contributed by atoms with van der Waals surface area (Å²) < 4.78 is 8.54. The van der Waals surface area contributed by atoms with E-state index in [2.05, 4.69) is 3.94 Å². The second kappa shape index (κ2) is 55.1.